The number of dihydropyridines is 1. The molecular formula is C31H30FN5O3. The van der Waals surface area contributed by atoms with Gasteiger partial charge in [0, 0.05) is 41.9 Å². The molecule has 1 aromatic carbocycles. The van der Waals surface area contributed by atoms with Crippen LogP contribution in [-0.4, -0.2) is 46.7 Å². The van der Waals surface area contributed by atoms with Crippen molar-refractivity contribution >= 4 is 29.5 Å². The van der Waals surface area contributed by atoms with Crippen LogP contribution in [0.4, 0.5) is 15.9 Å². The Bertz CT molecular complexity index is 1640. The maximum atomic E-state index is 14.0. The maximum absolute atomic E-state index is 14.0. The Morgan fingerprint density at radius 2 is 1.93 bits per heavy atom. The molecule has 0 radical (unpaired) electrons. The minimum absolute atomic E-state index is 0.00835. The van der Waals surface area contributed by atoms with Crippen molar-refractivity contribution in [1.29, 1.82) is 0 Å². The highest BCUT2D eigenvalue weighted by atomic mass is 19.1. The number of aromatic nitrogens is 1. The summed E-state index contributed by atoms with van der Waals surface area (Å²) < 4.78 is 14.0. The van der Waals surface area contributed by atoms with Gasteiger partial charge in [0.05, 0.1) is 11.5 Å². The first-order valence-electron chi connectivity index (χ1n) is 13.6. The normalized spacial score (nSPS) is 30.6. The van der Waals surface area contributed by atoms with Crippen molar-refractivity contribution in [3.63, 3.8) is 0 Å². The molecular weight excluding hydrogens is 509 g/mol. The van der Waals surface area contributed by atoms with Crippen LogP contribution in [0, 0.1) is 22.7 Å². The summed E-state index contributed by atoms with van der Waals surface area (Å²) in [4.78, 5) is 48.2. The van der Waals surface area contributed by atoms with E-state index >= 15 is 0 Å². The van der Waals surface area contributed by atoms with Gasteiger partial charge >= 0.3 is 0 Å². The van der Waals surface area contributed by atoms with E-state index in [-0.39, 0.29) is 52.7 Å². The van der Waals surface area contributed by atoms with E-state index in [1.165, 1.54) is 12.1 Å². The molecule has 2 saturated heterocycles. The molecule has 2 aromatic rings. The first kappa shape index (κ1) is 24.7. The molecule has 7 rings (SSSR count). The number of aromatic amines is 1. The van der Waals surface area contributed by atoms with Gasteiger partial charge < -0.3 is 20.5 Å². The Kier molecular flexibility index (Phi) is 5.33. The molecule has 8 nitrogen and oxygen atoms in total. The lowest BCUT2D eigenvalue weighted by atomic mass is 9.73. The number of hydrogen-bond acceptors (Lipinski definition) is 5. The molecule has 204 valence electrons. The third kappa shape index (κ3) is 3.78. The Morgan fingerprint density at radius 1 is 1.10 bits per heavy atom. The quantitative estimate of drug-likeness (QED) is 0.552. The summed E-state index contributed by atoms with van der Waals surface area (Å²) in [5.74, 6) is -0.254. The van der Waals surface area contributed by atoms with Crippen LogP contribution in [0.15, 0.2) is 76.3 Å². The minimum atomic E-state index is -0.548. The molecule has 5 aliphatic rings. The number of benzene rings is 1. The van der Waals surface area contributed by atoms with Crippen molar-refractivity contribution in [2.24, 2.45) is 27.7 Å². The lowest BCUT2D eigenvalue weighted by molar-refractivity contribution is -0.128. The molecule has 3 N–H and O–H groups in total. The van der Waals surface area contributed by atoms with Gasteiger partial charge in [0.25, 0.3) is 5.91 Å². The third-order valence-corrected chi connectivity index (χ3v) is 9.21. The van der Waals surface area contributed by atoms with Crippen LogP contribution in [-0.2, 0) is 17.6 Å². The number of hydrogen-bond donors (Lipinski definition) is 3. The molecule has 5 atom stereocenters. The van der Waals surface area contributed by atoms with Crippen LogP contribution >= 0.6 is 0 Å². The predicted molar refractivity (Wildman–Crippen MR) is 150 cm³/mol. The van der Waals surface area contributed by atoms with Crippen molar-refractivity contribution < 1.29 is 14.0 Å². The summed E-state index contributed by atoms with van der Waals surface area (Å²) in [7, 11) is 0. The number of anilines is 2. The smallest absolute Gasteiger partial charge is 0.254 e. The molecule has 3 aliphatic heterocycles. The standard InChI is InChI=1S/C31H30FN5O3/c1-30(2)16-37(24-8-6-20(32)13-23(24)30)28(39)18-11-25(35-26(38)12-18)34-21-7-5-17-14-31(15-19(17)10-21)22-4-3-9-33-27(22)36-29(31)40/h3-13,22-24,27H,14-16H2,1-2H3,(H,36,40)(H2,34,35,38). The summed E-state index contributed by atoms with van der Waals surface area (Å²) in [5, 5.41) is 6.29. The lowest BCUT2D eigenvalue weighted by Crippen LogP contribution is -2.37. The van der Waals surface area contributed by atoms with E-state index < -0.39 is 11.0 Å². The van der Waals surface area contributed by atoms with Gasteiger partial charge in [-0.3, -0.25) is 19.4 Å². The van der Waals surface area contributed by atoms with Gasteiger partial charge in [-0.05, 0) is 65.8 Å². The van der Waals surface area contributed by atoms with Crippen LogP contribution in [0.2, 0.25) is 0 Å². The van der Waals surface area contributed by atoms with Gasteiger partial charge in [0.2, 0.25) is 11.5 Å². The van der Waals surface area contributed by atoms with Gasteiger partial charge in [0.15, 0.2) is 0 Å². The number of amides is 2. The second-order valence-electron chi connectivity index (χ2n) is 12.2. The average Bonchev–Trinajstić information content (AvgIpc) is 3.52. The number of nitrogens with zero attached hydrogens (tertiary/aromatic N) is 2. The minimum Gasteiger partial charge on any atom is -0.342 e. The summed E-state index contributed by atoms with van der Waals surface area (Å²) in [6, 6.07) is 8.63. The number of allylic oxidation sites excluding steroid dienone is 3. The molecule has 1 spiro atoms. The first-order chi connectivity index (χ1) is 19.1. The number of likely N-dealkylation sites (tertiary alicyclic amines) is 1. The van der Waals surface area contributed by atoms with E-state index in [9.17, 15) is 18.8 Å². The Labute approximate surface area is 230 Å². The lowest BCUT2D eigenvalue weighted by Gasteiger charge is -2.27. The molecule has 1 aromatic heterocycles. The number of carbonyl (C=O) groups excluding carboxylic acids is 2. The van der Waals surface area contributed by atoms with Crippen LogP contribution < -0.4 is 16.2 Å². The summed E-state index contributed by atoms with van der Waals surface area (Å²) in [5.41, 5.74) is 1.97. The van der Waals surface area contributed by atoms with Crippen molar-refractivity contribution in [3.05, 3.63) is 93.6 Å². The van der Waals surface area contributed by atoms with Gasteiger partial charge in [-0.2, -0.15) is 0 Å². The zero-order valence-corrected chi connectivity index (χ0v) is 22.3. The highest BCUT2D eigenvalue weighted by Crippen LogP contribution is 2.49. The number of fused-ring (bicyclic) bond motifs is 4. The fourth-order valence-electron chi connectivity index (χ4n) is 7.27. The van der Waals surface area contributed by atoms with E-state index in [1.54, 1.807) is 29.3 Å². The number of rotatable bonds is 3. The Hall–Kier alpha value is -4.27. The van der Waals surface area contributed by atoms with E-state index in [0.717, 1.165) is 16.8 Å². The van der Waals surface area contributed by atoms with Crippen LogP contribution in [0.5, 0.6) is 0 Å². The fraction of sp³-hybridized carbons (Fsp3) is 0.355. The topological polar surface area (TPSA) is 107 Å². The van der Waals surface area contributed by atoms with Gasteiger partial charge in [-0.15, -0.1) is 0 Å². The number of H-pyrrole nitrogens is 1. The molecule has 4 heterocycles. The first-order valence-corrected chi connectivity index (χ1v) is 13.6. The van der Waals surface area contributed by atoms with Crippen LogP contribution in [0.3, 0.4) is 0 Å². The molecule has 9 heteroatoms. The third-order valence-electron chi connectivity index (χ3n) is 9.21. The monoisotopic (exact) mass is 539 g/mol. The summed E-state index contributed by atoms with van der Waals surface area (Å²) in [6.45, 7) is 4.50. The van der Waals surface area contributed by atoms with Crippen molar-refractivity contribution in [3.8, 4) is 0 Å². The highest BCUT2D eigenvalue weighted by Gasteiger charge is 2.57. The molecule has 5 unspecified atom stereocenters. The second-order valence-corrected chi connectivity index (χ2v) is 12.2. The van der Waals surface area contributed by atoms with E-state index in [0.29, 0.717) is 25.2 Å². The Balaban J connectivity index is 1.13. The van der Waals surface area contributed by atoms with Gasteiger partial charge in [-0.1, -0.05) is 32.1 Å². The van der Waals surface area contributed by atoms with Crippen molar-refractivity contribution in [1.82, 2.24) is 15.2 Å². The van der Waals surface area contributed by atoms with Gasteiger partial charge in [0.1, 0.15) is 17.8 Å². The SMILES string of the molecule is CC1(C)CN(C(=O)c2cc(Nc3ccc4c(c3)CC3(C4)C(=O)NC4N=CC=CC43)[nH]c(=O)c2)C2C=CC(F)=CC21. The van der Waals surface area contributed by atoms with Gasteiger partial charge in [-0.25, -0.2) is 4.39 Å². The number of nitrogens with one attached hydrogen (secondary N) is 3. The molecule has 2 fully saturated rings. The van der Waals surface area contributed by atoms with E-state index in [4.69, 9.17) is 0 Å². The summed E-state index contributed by atoms with van der Waals surface area (Å²) >= 11 is 0. The number of aliphatic imine (C=N–C) groups is 1. The maximum Gasteiger partial charge on any atom is 0.254 e. The molecule has 0 bridgehead atoms. The van der Waals surface area contributed by atoms with E-state index in [2.05, 4.69) is 26.7 Å². The zero-order chi connectivity index (χ0) is 27.8. The zero-order valence-electron chi connectivity index (χ0n) is 22.3. The highest BCUT2D eigenvalue weighted by molar-refractivity contribution is 5.96. The molecule has 2 aliphatic carbocycles. The number of halogens is 1. The molecule has 2 amide bonds. The average molecular weight is 540 g/mol. The summed E-state index contributed by atoms with van der Waals surface area (Å²) in [6.07, 6.45) is 11.5. The van der Waals surface area contributed by atoms with Crippen molar-refractivity contribution in [2.75, 3.05) is 11.9 Å². The van der Waals surface area contributed by atoms with Crippen LogP contribution in [0.25, 0.3) is 0 Å². The second kappa shape index (κ2) is 8.61. The largest absolute Gasteiger partial charge is 0.342 e. The molecule has 40 heavy (non-hydrogen) atoms. The molecule has 0 saturated carbocycles. The number of carbonyl (C=O) groups is 2. The van der Waals surface area contributed by atoms with Crippen LogP contribution in [0.1, 0.15) is 35.3 Å². The fourth-order valence-corrected chi connectivity index (χ4v) is 7.27. The van der Waals surface area contributed by atoms with E-state index in [1.807, 2.05) is 38.1 Å². The Morgan fingerprint density at radius 3 is 2.77 bits per heavy atom. The van der Waals surface area contributed by atoms with Crippen molar-refractivity contribution in [2.45, 2.75) is 38.9 Å². The predicted octanol–water partition coefficient (Wildman–Crippen LogP) is 3.81. The number of pyridine rings is 1.